The highest BCUT2D eigenvalue weighted by Crippen LogP contribution is 2.38. The molecule has 0 aromatic carbocycles. The zero-order valence-corrected chi connectivity index (χ0v) is 12.2. The number of rotatable bonds is 5. The molecule has 3 heteroatoms. The number of nitrogens with one attached hydrogen (secondary N) is 1. The summed E-state index contributed by atoms with van der Waals surface area (Å²) in [7, 11) is 0. The Kier molecular flexibility index (Phi) is 3.94. The van der Waals surface area contributed by atoms with Crippen LogP contribution in [-0.2, 0) is 13.1 Å². The number of likely N-dealkylation sites (tertiary alicyclic amines) is 1. The summed E-state index contributed by atoms with van der Waals surface area (Å²) < 4.78 is 5.63. The Bertz CT molecular complexity index is 401. The number of hydrogen-bond donors (Lipinski definition) is 1. The van der Waals surface area contributed by atoms with E-state index in [2.05, 4.69) is 30.1 Å². The van der Waals surface area contributed by atoms with Crippen LogP contribution < -0.4 is 5.32 Å². The minimum Gasteiger partial charge on any atom is -0.468 e. The van der Waals surface area contributed by atoms with Crippen molar-refractivity contribution in [3.63, 3.8) is 0 Å². The molecule has 2 fully saturated rings. The van der Waals surface area contributed by atoms with E-state index >= 15 is 0 Å². The maximum absolute atomic E-state index is 5.63. The second kappa shape index (κ2) is 5.68. The summed E-state index contributed by atoms with van der Waals surface area (Å²) in [5.74, 6) is 3.07. The van der Waals surface area contributed by atoms with Crippen LogP contribution in [0.4, 0.5) is 0 Å². The van der Waals surface area contributed by atoms with Gasteiger partial charge in [-0.2, -0.15) is 0 Å². The fraction of sp³-hybridized carbons (Fsp3) is 0.750. The Morgan fingerprint density at radius 2 is 2.05 bits per heavy atom. The van der Waals surface area contributed by atoms with E-state index in [1.54, 1.807) is 0 Å². The van der Waals surface area contributed by atoms with Crippen LogP contribution in [0, 0.1) is 11.8 Å². The van der Waals surface area contributed by atoms with Crippen molar-refractivity contribution in [2.45, 2.75) is 52.2 Å². The highest BCUT2D eigenvalue weighted by molar-refractivity contribution is 5.17. The van der Waals surface area contributed by atoms with Crippen molar-refractivity contribution in [3.8, 4) is 0 Å². The lowest BCUT2D eigenvalue weighted by atomic mass is 10.0. The first-order chi connectivity index (χ1) is 9.22. The van der Waals surface area contributed by atoms with Crippen LogP contribution in [-0.4, -0.2) is 24.0 Å². The molecule has 1 aromatic rings. The van der Waals surface area contributed by atoms with Gasteiger partial charge in [-0.1, -0.05) is 20.3 Å². The first-order valence-electron chi connectivity index (χ1n) is 7.73. The normalized spacial score (nSPS) is 27.3. The molecule has 2 atom stereocenters. The Hall–Kier alpha value is -0.800. The van der Waals surface area contributed by atoms with Crippen molar-refractivity contribution in [2.75, 3.05) is 13.1 Å². The van der Waals surface area contributed by atoms with Gasteiger partial charge in [0.15, 0.2) is 0 Å². The molecule has 0 spiro atoms. The van der Waals surface area contributed by atoms with E-state index in [1.807, 2.05) is 6.26 Å². The Morgan fingerprint density at radius 3 is 2.74 bits per heavy atom. The molecule has 3 rings (SSSR count). The maximum Gasteiger partial charge on any atom is 0.122 e. The van der Waals surface area contributed by atoms with E-state index in [-0.39, 0.29) is 0 Å². The molecule has 2 heterocycles. The third kappa shape index (κ3) is 3.03. The standard InChI is InChI=1S/C16H26N2O/c1-12(2)17-8-16-15(6-7-19-16)11-18-9-13-4-3-5-14(13)10-18/h6-7,12-14,17H,3-5,8-11H2,1-2H3. The van der Waals surface area contributed by atoms with Crippen LogP contribution in [0.1, 0.15) is 44.4 Å². The molecule has 0 amide bonds. The lowest BCUT2D eigenvalue weighted by Gasteiger charge is -2.17. The lowest BCUT2D eigenvalue weighted by Crippen LogP contribution is -2.24. The fourth-order valence-electron chi connectivity index (χ4n) is 3.66. The second-order valence-corrected chi connectivity index (χ2v) is 6.55. The van der Waals surface area contributed by atoms with Gasteiger partial charge in [0.05, 0.1) is 12.8 Å². The molecule has 1 saturated carbocycles. The van der Waals surface area contributed by atoms with Gasteiger partial charge in [-0.05, 0) is 30.7 Å². The van der Waals surface area contributed by atoms with E-state index in [4.69, 9.17) is 4.42 Å². The number of furan rings is 1. The summed E-state index contributed by atoms with van der Waals surface area (Å²) in [6.45, 7) is 8.85. The lowest BCUT2D eigenvalue weighted by molar-refractivity contribution is 0.299. The summed E-state index contributed by atoms with van der Waals surface area (Å²) in [4.78, 5) is 2.62. The van der Waals surface area contributed by atoms with Crippen LogP contribution in [0.15, 0.2) is 16.7 Å². The van der Waals surface area contributed by atoms with Gasteiger partial charge in [0, 0.05) is 31.2 Å². The summed E-state index contributed by atoms with van der Waals surface area (Å²) in [5, 5.41) is 3.44. The Balaban J connectivity index is 1.56. The second-order valence-electron chi connectivity index (χ2n) is 6.55. The van der Waals surface area contributed by atoms with Gasteiger partial charge in [0.1, 0.15) is 5.76 Å². The molecule has 1 aromatic heterocycles. The smallest absolute Gasteiger partial charge is 0.122 e. The molecule has 0 bridgehead atoms. The molecule has 106 valence electrons. The Morgan fingerprint density at radius 1 is 1.32 bits per heavy atom. The molecule has 0 radical (unpaired) electrons. The van der Waals surface area contributed by atoms with Gasteiger partial charge < -0.3 is 9.73 Å². The summed E-state index contributed by atoms with van der Waals surface area (Å²) in [5.41, 5.74) is 1.37. The average Bonchev–Trinajstić information content (AvgIpc) is 3.02. The molecular formula is C16H26N2O. The summed E-state index contributed by atoms with van der Waals surface area (Å²) in [6.07, 6.45) is 6.20. The van der Waals surface area contributed by atoms with Crippen molar-refractivity contribution in [1.82, 2.24) is 10.2 Å². The van der Waals surface area contributed by atoms with Gasteiger partial charge in [-0.15, -0.1) is 0 Å². The largest absolute Gasteiger partial charge is 0.468 e. The quantitative estimate of drug-likeness (QED) is 0.884. The van der Waals surface area contributed by atoms with Crippen LogP contribution >= 0.6 is 0 Å². The third-order valence-electron chi connectivity index (χ3n) is 4.70. The number of fused-ring (bicyclic) bond motifs is 1. The highest BCUT2D eigenvalue weighted by Gasteiger charge is 2.36. The minimum atomic E-state index is 0.504. The molecule has 2 unspecified atom stereocenters. The molecule has 1 saturated heterocycles. The summed E-state index contributed by atoms with van der Waals surface area (Å²) >= 11 is 0. The van der Waals surface area contributed by atoms with Crippen LogP contribution in [0.5, 0.6) is 0 Å². The van der Waals surface area contributed by atoms with E-state index in [0.29, 0.717) is 6.04 Å². The molecule has 1 N–H and O–H groups in total. The maximum atomic E-state index is 5.63. The highest BCUT2D eigenvalue weighted by atomic mass is 16.3. The van der Waals surface area contributed by atoms with Gasteiger partial charge in [-0.3, -0.25) is 4.90 Å². The third-order valence-corrected chi connectivity index (χ3v) is 4.70. The molecule has 1 aliphatic heterocycles. The predicted molar refractivity (Wildman–Crippen MR) is 76.8 cm³/mol. The van der Waals surface area contributed by atoms with Crippen LogP contribution in [0.25, 0.3) is 0 Å². The van der Waals surface area contributed by atoms with E-state index in [9.17, 15) is 0 Å². The molecular weight excluding hydrogens is 236 g/mol. The first-order valence-corrected chi connectivity index (χ1v) is 7.73. The first kappa shape index (κ1) is 13.2. The van der Waals surface area contributed by atoms with Crippen molar-refractivity contribution in [2.24, 2.45) is 11.8 Å². The van der Waals surface area contributed by atoms with Crippen LogP contribution in [0.3, 0.4) is 0 Å². The topological polar surface area (TPSA) is 28.4 Å². The average molecular weight is 262 g/mol. The zero-order valence-electron chi connectivity index (χ0n) is 12.2. The van der Waals surface area contributed by atoms with Crippen molar-refractivity contribution >= 4 is 0 Å². The van der Waals surface area contributed by atoms with Crippen molar-refractivity contribution < 1.29 is 4.42 Å². The van der Waals surface area contributed by atoms with Gasteiger partial charge in [-0.25, -0.2) is 0 Å². The van der Waals surface area contributed by atoms with Gasteiger partial charge in [0.2, 0.25) is 0 Å². The van der Waals surface area contributed by atoms with Gasteiger partial charge in [0.25, 0.3) is 0 Å². The zero-order chi connectivity index (χ0) is 13.2. The SMILES string of the molecule is CC(C)NCc1occc1CN1CC2CCCC2C1. The van der Waals surface area contributed by atoms with E-state index in [1.165, 1.54) is 37.9 Å². The molecule has 3 nitrogen and oxygen atoms in total. The van der Waals surface area contributed by atoms with Crippen molar-refractivity contribution in [1.29, 1.82) is 0 Å². The number of nitrogens with zero attached hydrogens (tertiary/aromatic N) is 1. The monoisotopic (exact) mass is 262 g/mol. The fourth-order valence-corrected chi connectivity index (χ4v) is 3.66. The number of hydrogen-bond acceptors (Lipinski definition) is 3. The molecule has 19 heavy (non-hydrogen) atoms. The molecule has 2 aliphatic rings. The predicted octanol–water partition coefficient (Wildman–Crippen LogP) is 3.01. The summed E-state index contributed by atoms with van der Waals surface area (Å²) in [6, 6.07) is 2.65. The Labute approximate surface area is 116 Å². The van der Waals surface area contributed by atoms with Crippen LogP contribution in [0.2, 0.25) is 0 Å². The van der Waals surface area contributed by atoms with E-state index < -0.39 is 0 Å². The minimum absolute atomic E-state index is 0.504. The van der Waals surface area contributed by atoms with Gasteiger partial charge >= 0.3 is 0 Å². The van der Waals surface area contributed by atoms with E-state index in [0.717, 1.165) is 30.7 Å². The van der Waals surface area contributed by atoms with Crippen molar-refractivity contribution in [3.05, 3.63) is 23.7 Å². The molecule has 1 aliphatic carbocycles.